The second kappa shape index (κ2) is 8.36. The summed E-state index contributed by atoms with van der Waals surface area (Å²) in [6.07, 6.45) is 1.97. The number of hydrogen-bond donors (Lipinski definition) is 2. The Hall–Kier alpha value is -1.87. The van der Waals surface area contributed by atoms with E-state index in [0.717, 1.165) is 44.4 Å². The number of anilines is 1. The molecule has 2 N–H and O–H groups in total. The summed E-state index contributed by atoms with van der Waals surface area (Å²) in [5.41, 5.74) is -1.35. The van der Waals surface area contributed by atoms with E-state index in [0.29, 0.717) is 49.8 Å². The van der Waals surface area contributed by atoms with Crippen molar-refractivity contribution in [3.05, 3.63) is 23.9 Å². The number of nitrogens with one attached hydrogen (secondary N) is 1. The van der Waals surface area contributed by atoms with Crippen molar-refractivity contribution in [2.45, 2.75) is 63.7 Å². The first-order valence-electron chi connectivity index (χ1n) is 12.5. The summed E-state index contributed by atoms with van der Waals surface area (Å²) < 4.78 is 38.4. The third-order valence-electron chi connectivity index (χ3n) is 9.06. The Morgan fingerprint density at radius 2 is 1.76 bits per heavy atom. The molecule has 0 aromatic carbocycles. The van der Waals surface area contributed by atoms with Crippen LogP contribution in [0.5, 0.6) is 0 Å². The van der Waals surface area contributed by atoms with Crippen molar-refractivity contribution in [2.24, 2.45) is 23.2 Å². The summed E-state index contributed by atoms with van der Waals surface area (Å²) in [6.45, 7) is 6.65. The largest absolute Gasteiger partial charge is 0.417 e. The molecular weight excluding hydrogens is 445 g/mol. The average molecular weight is 481 g/mol. The van der Waals surface area contributed by atoms with Gasteiger partial charge in [-0.2, -0.15) is 13.2 Å². The van der Waals surface area contributed by atoms with Crippen molar-refractivity contribution >= 4 is 11.7 Å². The van der Waals surface area contributed by atoms with Crippen LogP contribution in [0.25, 0.3) is 0 Å². The molecule has 1 aliphatic heterocycles. The lowest BCUT2D eigenvalue weighted by Crippen LogP contribution is -2.65. The van der Waals surface area contributed by atoms with Crippen molar-refractivity contribution in [1.29, 1.82) is 0 Å². The highest BCUT2D eigenvalue weighted by atomic mass is 19.4. The van der Waals surface area contributed by atoms with Gasteiger partial charge < -0.3 is 15.3 Å². The van der Waals surface area contributed by atoms with Crippen LogP contribution in [0.1, 0.15) is 51.5 Å². The number of hydrogen-bond acceptors (Lipinski definition) is 5. The monoisotopic (exact) mass is 480 g/mol. The third kappa shape index (κ3) is 4.19. The Morgan fingerprint density at radius 1 is 1.12 bits per heavy atom. The number of nitrogens with zero attached hydrogens (tertiary/aromatic N) is 3. The minimum Gasteiger partial charge on any atom is -0.396 e. The molecule has 2 atom stereocenters. The van der Waals surface area contributed by atoms with E-state index in [1.54, 1.807) is 0 Å². The maximum absolute atomic E-state index is 13.5. The molecule has 1 saturated heterocycles. The number of carbonyl (C=O) groups is 1. The molecule has 0 radical (unpaired) electrons. The fraction of sp³-hybridized carbons (Fsp3) is 0.760. The van der Waals surface area contributed by atoms with Crippen LogP contribution in [-0.2, 0) is 11.0 Å². The highest BCUT2D eigenvalue weighted by Crippen LogP contribution is 2.59. The van der Waals surface area contributed by atoms with E-state index in [1.807, 2.05) is 18.7 Å². The van der Waals surface area contributed by atoms with E-state index < -0.39 is 17.3 Å². The normalized spacial score (nSPS) is 33.9. The molecular formula is C25H35F3N4O2. The topological polar surface area (TPSA) is 68.7 Å². The maximum atomic E-state index is 13.5. The molecule has 188 valence electrons. The van der Waals surface area contributed by atoms with Crippen molar-refractivity contribution in [1.82, 2.24) is 15.2 Å². The Labute approximate surface area is 198 Å². The standard InChI is InChI=1S/C25H35F3N4O2/c1-23(2,22(34)30-21-17-9-16-10-18(21)13-24(11-16,12-17)15-33)32-7-5-31(6-8-32)20-4-3-19(14-29-20)25(26,27)28/h3-4,14,16-18,21,33H,5-13,15H2,1-2H3,(H,30,34). The number of aliphatic hydroxyl groups excluding tert-OH is 1. The number of pyridine rings is 1. The molecule has 4 saturated carbocycles. The van der Waals surface area contributed by atoms with Crippen LogP contribution in [0.3, 0.4) is 0 Å². The summed E-state index contributed by atoms with van der Waals surface area (Å²) in [7, 11) is 0. The number of amides is 1. The van der Waals surface area contributed by atoms with E-state index >= 15 is 0 Å². The number of aromatic nitrogens is 1. The average Bonchev–Trinajstić information content (AvgIpc) is 2.80. The van der Waals surface area contributed by atoms with Crippen LogP contribution in [0.2, 0.25) is 0 Å². The van der Waals surface area contributed by atoms with Gasteiger partial charge in [0.15, 0.2) is 0 Å². The molecule has 34 heavy (non-hydrogen) atoms. The van der Waals surface area contributed by atoms with Gasteiger partial charge in [-0.05, 0) is 81.3 Å². The first-order chi connectivity index (χ1) is 16.0. The quantitative estimate of drug-likeness (QED) is 0.677. The van der Waals surface area contributed by atoms with Crippen molar-refractivity contribution < 1.29 is 23.1 Å². The van der Waals surface area contributed by atoms with Gasteiger partial charge >= 0.3 is 6.18 Å². The number of aliphatic hydroxyl groups is 1. The number of alkyl halides is 3. The summed E-state index contributed by atoms with van der Waals surface area (Å²) >= 11 is 0. The number of piperazine rings is 1. The molecule has 2 unspecified atom stereocenters. The Morgan fingerprint density at radius 3 is 2.29 bits per heavy atom. The van der Waals surface area contributed by atoms with Crippen molar-refractivity contribution in [3.8, 4) is 0 Å². The van der Waals surface area contributed by atoms with Gasteiger partial charge in [-0.1, -0.05) is 0 Å². The second-order valence-corrected chi connectivity index (χ2v) is 11.6. The molecule has 0 spiro atoms. The number of halogens is 3. The van der Waals surface area contributed by atoms with Crippen LogP contribution >= 0.6 is 0 Å². The van der Waals surface area contributed by atoms with Gasteiger partial charge in [0.25, 0.3) is 0 Å². The molecule has 2 heterocycles. The van der Waals surface area contributed by atoms with Gasteiger partial charge in [-0.15, -0.1) is 0 Å². The molecule has 4 aliphatic carbocycles. The first kappa shape index (κ1) is 23.9. The van der Waals surface area contributed by atoms with Crippen LogP contribution in [0.4, 0.5) is 19.0 Å². The number of carbonyl (C=O) groups excluding carboxylic acids is 1. The van der Waals surface area contributed by atoms with Crippen LogP contribution in [-0.4, -0.2) is 65.3 Å². The SMILES string of the molecule is CC(C)(C(=O)NC1C2CC3CC1CC(CO)(C3)C2)N1CCN(c2ccc(C(F)(F)F)cn2)CC1. The molecule has 5 fully saturated rings. The Kier molecular flexibility index (Phi) is 5.87. The highest BCUT2D eigenvalue weighted by Gasteiger charge is 2.56. The van der Waals surface area contributed by atoms with E-state index in [-0.39, 0.29) is 24.0 Å². The fourth-order valence-electron chi connectivity index (χ4n) is 7.33. The predicted octanol–water partition coefficient (Wildman–Crippen LogP) is 3.30. The Bertz CT molecular complexity index is 896. The molecule has 1 aromatic rings. The fourth-order valence-corrected chi connectivity index (χ4v) is 7.33. The molecule has 1 aromatic heterocycles. The molecule has 6 rings (SSSR count). The highest BCUT2D eigenvalue weighted by molar-refractivity contribution is 5.85. The van der Waals surface area contributed by atoms with E-state index in [1.165, 1.54) is 6.07 Å². The Balaban J connectivity index is 1.19. The molecule has 5 aliphatic rings. The summed E-state index contributed by atoms with van der Waals surface area (Å²) in [4.78, 5) is 21.6. The van der Waals surface area contributed by atoms with Gasteiger partial charge in [0.05, 0.1) is 11.1 Å². The van der Waals surface area contributed by atoms with Crippen LogP contribution in [0, 0.1) is 23.2 Å². The zero-order valence-corrected chi connectivity index (χ0v) is 19.9. The van der Waals surface area contributed by atoms with Crippen molar-refractivity contribution in [3.63, 3.8) is 0 Å². The van der Waals surface area contributed by atoms with Gasteiger partial charge in [0.2, 0.25) is 5.91 Å². The molecule has 9 heteroatoms. The minimum atomic E-state index is -4.39. The molecule has 6 nitrogen and oxygen atoms in total. The summed E-state index contributed by atoms with van der Waals surface area (Å²) in [6, 6.07) is 2.68. The molecule has 4 bridgehead atoms. The van der Waals surface area contributed by atoms with Gasteiger partial charge in [-0.3, -0.25) is 9.69 Å². The van der Waals surface area contributed by atoms with Crippen LogP contribution in [0.15, 0.2) is 18.3 Å². The van der Waals surface area contributed by atoms with Gasteiger partial charge in [0.1, 0.15) is 5.82 Å². The van der Waals surface area contributed by atoms with Crippen LogP contribution < -0.4 is 10.2 Å². The smallest absolute Gasteiger partial charge is 0.396 e. The lowest BCUT2D eigenvalue weighted by molar-refractivity contribution is -0.140. The maximum Gasteiger partial charge on any atom is 0.417 e. The zero-order valence-electron chi connectivity index (χ0n) is 19.9. The lowest BCUT2D eigenvalue weighted by Gasteiger charge is -2.60. The third-order valence-corrected chi connectivity index (χ3v) is 9.06. The van der Waals surface area contributed by atoms with E-state index in [2.05, 4.69) is 15.2 Å². The van der Waals surface area contributed by atoms with Crippen molar-refractivity contribution in [2.75, 3.05) is 37.7 Å². The predicted molar refractivity (Wildman–Crippen MR) is 122 cm³/mol. The van der Waals surface area contributed by atoms with E-state index in [4.69, 9.17) is 0 Å². The van der Waals surface area contributed by atoms with Gasteiger partial charge in [-0.25, -0.2) is 4.98 Å². The lowest BCUT2D eigenvalue weighted by atomic mass is 9.48. The minimum absolute atomic E-state index is 0.0455. The summed E-state index contributed by atoms with van der Waals surface area (Å²) in [5.74, 6) is 2.18. The first-order valence-corrected chi connectivity index (χ1v) is 12.5. The molecule has 1 amide bonds. The van der Waals surface area contributed by atoms with Gasteiger partial charge in [0, 0.05) is 45.0 Å². The van der Waals surface area contributed by atoms with E-state index in [9.17, 15) is 23.1 Å². The number of rotatable bonds is 5. The zero-order chi connectivity index (χ0) is 24.3. The second-order valence-electron chi connectivity index (χ2n) is 11.6. The summed E-state index contributed by atoms with van der Waals surface area (Å²) in [5, 5.41) is 13.4.